The van der Waals surface area contributed by atoms with E-state index in [9.17, 15) is 0 Å². The Morgan fingerprint density at radius 3 is 2.36 bits per heavy atom. The molecule has 1 fully saturated rings. The number of rotatable bonds is 3. The second kappa shape index (κ2) is 4.73. The predicted molar refractivity (Wildman–Crippen MR) is 46.7 cm³/mol. The molecule has 0 atom stereocenters. The lowest BCUT2D eigenvalue weighted by molar-refractivity contribution is 0.0310. The second-order valence-corrected chi connectivity index (χ2v) is 3.22. The van der Waals surface area contributed by atoms with Crippen LogP contribution in [0, 0.1) is 0 Å². The van der Waals surface area contributed by atoms with Crippen molar-refractivity contribution < 1.29 is 4.74 Å². The van der Waals surface area contributed by atoms with E-state index in [1.807, 2.05) is 7.05 Å². The molecule has 0 aromatic rings. The first kappa shape index (κ1) is 9.01. The standard InChI is InChI=1S/C9H19NO/c1-3-11-9-6-4-8(10-2)5-7-9/h8-10H,3-7H2,1-2H3/t8-,9-. The highest BCUT2D eigenvalue weighted by Gasteiger charge is 2.19. The van der Waals surface area contributed by atoms with Gasteiger partial charge in [-0.1, -0.05) is 0 Å². The minimum absolute atomic E-state index is 0.546. The average Bonchev–Trinajstić information content (AvgIpc) is 2.07. The molecule has 0 spiro atoms. The Hall–Kier alpha value is -0.0800. The van der Waals surface area contributed by atoms with E-state index in [0.29, 0.717) is 6.10 Å². The predicted octanol–water partition coefficient (Wildman–Crippen LogP) is 1.55. The van der Waals surface area contributed by atoms with Gasteiger partial charge >= 0.3 is 0 Å². The van der Waals surface area contributed by atoms with Gasteiger partial charge in [0, 0.05) is 12.6 Å². The summed E-state index contributed by atoms with van der Waals surface area (Å²) in [6, 6.07) is 0.742. The molecule has 1 saturated carbocycles. The molecule has 1 aliphatic carbocycles. The summed E-state index contributed by atoms with van der Waals surface area (Å²) in [6.45, 7) is 2.94. The molecule has 0 bridgehead atoms. The summed E-state index contributed by atoms with van der Waals surface area (Å²) < 4.78 is 5.55. The van der Waals surface area contributed by atoms with Crippen molar-refractivity contribution in [2.45, 2.75) is 44.8 Å². The van der Waals surface area contributed by atoms with E-state index in [4.69, 9.17) is 4.74 Å². The van der Waals surface area contributed by atoms with Crippen molar-refractivity contribution in [2.24, 2.45) is 0 Å². The molecular weight excluding hydrogens is 138 g/mol. The van der Waals surface area contributed by atoms with Crippen LogP contribution in [-0.2, 0) is 4.74 Å². The molecule has 0 aromatic heterocycles. The minimum Gasteiger partial charge on any atom is -0.379 e. The number of nitrogens with one attached hydrogen (secondary N) is 1. The fraction of sp³-hybridized carbons (Fsp3) is 1.00. The molecule has 0 unspecified atom stereocenters. The van der Waals surface area contributed by atoms with Gasteiger partial charge in [0.2, 0.25) is 0 Å². The van der Waals surface area contributed by atoms with Crippen molar-refractivity contribution in [3.8, 4) is 0 Å². The number of ether oxygens (including phenoxy) is 1. The molecule has 0 aromatic carbocycles. The molecule has 1 N–H and O–H groups in total. The Kier molecular flexibility index (Phi) is 3.87. The van der Waals surface area contributed by atoms with Crippen molar-refractivity contribution >= 4 is 0 Å². The van der Waals surface area contributed by atoms with Crippen molar-refractivity contribution in [1.82, 2.24) is 5.32 Å². The number of hydrogen-bond acceptors (Lipinski definition) is 2. The molecule has 0 radical (unpaired) electrons. The summed E-state index contributed by atoms with van der Waals surface area (Å²) in [7, 11) is 2.05. The molecule has 1 aliphatic rings. The Balaban J connectivity index is 2.14. The van der Waals surface area contributed by atoms with Crippen molar-refractivity contribution in [3.63, 3.8) is 0 Å². The molecule has 11 heavy (non-hydrogen) atoms. The van der Waals surface area contributed by atoms with E-state index in [1.165, 1.54) is 25.7 Å². The van der Waals surface area contributed by atoms with Crippen LogP contribution >= 0.6 is 0 Å². The van der Waals surface area contributed by atoms with Crippen molar-refractivity contribution in [2.75, 3.05) is 13.7 Å². The third-order valence-electron chi connectivity index (χ3n) is 2.48. The van der Waals surface area contributed by atoms with E-state index in [-0.39, 0.29) is 0 Å². The van der Waals surface area contributed by atoms with Gasteiger partial charge in [-0.25, -0.2) is 0 Å². The normalized spacial score (nSPS) is 32.2. The second-order valence-electron chi connectivity index (χ2n) is 3.22. The SMILES string of the molecule is CCO[C@H]1CC[C@H](NC)CC1. The Morgan fingerprint density at radius 2 is 1.91 bits per heavy atom. The van der Waals surface area contributed by atoms with E-state index >= 15 is 0 Å². The van der Waals surface area contributed by atoms with Crippen LogP contribution in [0.2, 0.25) is 0 Å². The third kappa shape index (κ3) is 2.80. The van der Waals surface area contributed by atoms with Gasteiger partial charge in [-0.15, -0.1) is 0 Å². The van der Waals surface area contributed by atoms with E-state index in [1.54, 1.807) is 0 Å². The third-order valence-corrected chi connectivity index (χ3v) is 2.48. The summed E-state index contributed by atoms with van der Waals surface area (Å²) in [6.07, 6.45) is 5.57. The highest BCUT2D eigenvalue weighted by molar-refractivity contribution is 4.75. The van der Waals surface area contributed by atoms with Gasteiger partial charge in [-0.2, -0.15) is 0 Å². The highest BCUT2D eigenvalue weighted by atomic mass is 16.5. The van der Waals surface area contributed by atoms with Crippen LogP contribution in [-0.4, -0.2) is 25.8 Å². The molecule has 0 saturated heterocycles. The molecule has 2 nitrogen and oxygen atoms in total. The lowest BCUT2D eigenvalue weighted by Crippen LogP contribution is -2.32. The maximum atomic E-state index is 5.55. The van der Waals surface area contributed by atoms with Gasteiger partial charge < -0.3 is 10.1 Å². The average molecular weight is 157 g/mol. The zero-order valence-corrected chi connectivity index (χ0v) is 7.60. The van der Waals surface area contributed by atoms with Crippen molar-refractivity contribution in [1.29, 1.82) is 0 Å². The van der Waals surface area contributed by atoms with E-state index < -0.39 is 0 Å². The van der Waals surface area contributed by atoms with Crippen LogP contribution in [0.1, 0.15) is 32.6 Å². The van der Waals surface area contributed by atoms with Gasteiger partial charge in [-0.05, 0) is 39.7 Å². The zero-order chi connectivity index (χ0) is 8.10. The van der Waals surface area contributed by atoms with Crippen LogP contribution in [0.25, 0.3) is 0 Å². The topological polar surface area (TPSA) is 21.3 Å². The Morgan fingerprint density at radius 1 is 1.27 bits per heavy atom. The lowest BCUT2D eigenvalue weighted by atomic mass is 9.93. The largest absolute Gasteiger partial charge is 0.379 e. The van der Waals surface area contributed by atoms with Crippen molar-refractivity contribution in [3.05, 3.63) is 0 Å². The van der Waals surface area contributed by atoms with Crippen LogP contribution in [0.4, 0.5) is 0 Å². The van der Waals surface area contributed by atoms with Gasteiger partial charge in [-0.3, -0.25) is 0 Å². The van der Waals surface area contributed by atoms with Gasteiger partial charge in [0.05, 0.1) is 6.10 Å². The molecule has 0 amide bonds. The Bertz CT molecular complexity index is 97.7. The molecule has 1 rings (SSSR count). The lowest BCUT2D eigenvalue weighted by Gasteiger charge is -2.27. The fourth-order valence-electron chi connectivity index (χ4n) is 1.75. The minimum atomic E-state index is 0.546. The van der Waals surface area contributed by atoms with Crippen LogP contribution in [0.5, 0.6) is 0 Å². The van der Waals surface area contributed by atoms with Gasteiger partial charge in [0.25, 0.3) is 0 Å². The summed E-state index contributed by atoms with van der Waals surface area (Å²) in [5.74, 6) is 0. The quantitative estimate of drug-likeness (QED) is 0.671. The fourth-order valence-corrected chi connectivity index (χ4v) is 1.75. The Labute approximate surface area is 69.3 Å². The van der Waals surface area contributed by atoms with E-state index in [2.05, 4.69) is 12.2 Å². The highest BCUT2D eigenvalue weighted by Crippen LogP contribution is 2.20. The first-order valence-electron chi connectivity index (χ1n) is 4.65. The molecule has 2 heteroatoms. The first-order valence-corrected chi connectivity index (χ1v) is 4.65. The van der Waals surface area contributed by atoms with Crippen LogP contribution in [0.3, 0.4) is 0 Å². The summed E-state index contributed by atoms with van der Waals surface area (Å²) in [4.78, 5) is 0. The zero-order valence-electron chi connectivity index (χ0n) is 7.60. The summed E-state index contributed by atoms with van der Waals surface area (Å²) in [5.41, 5.74) is 0. The smallest absolute Gasteiger partial charge is 0.0576 e. The summed E-state index contributed by atoms with van der Waals surface area (Å²) >= 11 is 0. The first-order chi connectivity index (χ1) is 5.36. The maximum absolute atomic E-state index is 5.55. The molecule has 66 valence electrons. The van der Waals surface area contributed by atoms with Crippen LogP contribution < -0.4 is 5.32 Å². The maximum Gasteiger partial charge on any atom is 0.0576 e. The van der Waals surface area contributed by atoms with E-state index in [0.717, 1.165) is 12.6 Å². The molecule has 0 heterocycles. The summed E-state index contributed by atoms with van der Waals surface area (Å²) in [5, 5.41) is 3.31. The number of hydrogen-bond donors (Lipinski definition) is 1. The molecule has 0 aliphatic heterocycles. The van der Waals surface area contributed by atoms with Gasteiger partial charge in [0.1, 0.15) is 0 Å². The monoisotopic (exact) mass is 157 g/mol. The van der Waals surface area contributed by atoms with Crippen LogP contribution in [0.15, 0.2) is 0 Å². The van der Waals surface area contributed by atoms with Gasteiger partial charge in [0.15, 0.2) is 0 Å². The molecular formula is C9H19NO.